The van der Waals surface area contributed by atoms with Gasteiger partial charge in [-0.1, -0.05) is 23.2 Å². The second-order valence-electron chi connectivity index (χ2n) is 2.04. The summed E-state index contributed by atoms with van der Waals surface area (Å²) in [4.78, 5) is -0.768. The van der Waals surface area contributed by atoms with Crippen LogP contribution >= 0.6 is 23.2 Å². The Morgan fingerprint density at radius 2 is 1.82 bits per heavy atom. The van der Waals surface area contributed by atoms with Crippen LogP contribution in [0.25, 0.3) is 0 Å². The molecule has 0 saturated heterocycles. The van der Waals surface area contributed by atoms with E-state index in [0.717, 1.165) is 0 Å². The quantitative estimate of drug-likeness (QED) is 0.672. The third-order valence-corrected chi connectivity index (χ3v) is 1.72. The molecule has 2 nitrogen and oxygen atoms in total. The molecule has 4 heteroatoms. The van der Waals surface area contributed by atoms with Crippen LogP contribution in [0.4, 0.5) is 0 Å². The smallest absolute Gasteiger partial charge is 0.136 e. The molecule has 0 aliphatic carbocycles. The van der Waals surface area contributed by atoms with Gasteiger partial charge in [0.1, 0.15) is 16.3 Å². The number of alkyl halides is 2. The number of phenols is 2. The van der Waals surface area contributed by atoms with Crippen LogP contribution in [0.1, 0.15) is 10.4 Å². The molecular weight excluding hydrogens is 187 g/mol. The van der Waals surface area contributed by atoms with Crippen LogP contribution in [0.2, 0.25) is 0 Å². The second kappa shape index (κ2) is 3.20. The summed E-state index contributed by atoms with van der Waals surface area (Å²) in [6.45, 7) is 0. The fourth-order valence-electron chi connectivity index (χ4n) is 0.717. The van der Waals surface area contributed by atoms with Gasteiger partial charge in [-0.15, -0.1) is 0 Å². The van der Waals surface area contributed by atoms with Crippen molar-refractivity contribution in [1.29, 1.82) is 0 Å². The van der Waals surface area contributed by atoms with Crippen molar-refractivity contribution in [2.24, 2.45) is 0 Å². The lowest BCUT2D eigenvalue weighted by Crippen LogP contribution is -1.81. The van der Waals surface area contributed by atoms with E-state index in [0.29, 0.717) is 5.56 Å². The highest BCUT2D eigenvalue weighted by atomic mass is 35.5. The molecule has 0 amide bonds. The molecule has 1 aromatic carbocycles. The van der Waals surface area contributed by atoms with E-state index in [1.807, 2.05) is 0 Å². The molecule has 1 rings (SSSR count). The standard InChI is InChI=1S/C7H6Cl2O2/c8-7(9)5-2-1-4(10)3-6(5)11/h1-3,7,10-11H. The third kappa shape index (κ3) is 1.91. The zero-order valence-corrected chi connectivity index (χ0v) is 6.97. The third-order valence-electron chi connectivity index (χ3n) is 1.25. The number of benzene rings is 1. The first-order valence-corrected chi connectivity index (χ1v) is 3.78. The predicted molar refractivity (Wildman–Crippen MR) is 44.2 cm³/mol. The van der Waals surface area contributed by atoms with Gasteiger partial charge >= 0.3 is 0 Å². The van der Waals surface area contributed by atoms with Crippen molar-refractivity contribution < 1.29 is 10.2 Å². The minimum Gasteiger partial charge on any atom is -0.508 e. The van der Waals surface area contributed by atoms with Gasteiger partial charge in [0, 0.05) is 11.6 Å². The molecule has 0 bridgehead atoms. The van der Waals surface area contributed by atoms with Crippen LogP contribution in [-0.2, 0) is 0 Å². The first-order valence-electron chi connectivity index (χ1n) is 2.91. The van der Waals surface area contributed by atoms with Crippen molar-refractivity contribution in [3.63, 3.8) is 0 Å². The summed E-state index contributed by atoms with van der Waals surface area (Å²) < 4.78 is 0. The highest BCUT2D eigenvalue weighted by Gasteiger charge is 2.08. The molecular formula is C7H6Cl2O2. The molecule has 2 N–H and O–H groups in total. The average Bonchev–Trinajstić information content (AvgIpc) is 1.85. The second-order valence-corrected chi connectivity index (χ2v) is 3.14. The normalized spacial score (nSPS) is 10.5. The van der Waals surface area contributed by atoms with Gasteiger partial charge in [-0.2, -0.15) is 0 Å². The molecule has 0 radical (unpaired) electrons. The van der Waals surface area contributed by atoms with E-state index in [1.54, 1.807) is 0 Å². The molecule has 0 unspecified atom stereocenters. The molecule has 60 valence electrons. The van der Waals surface area contributed by atoms with Gasteiger partial charge in [0.25, 0.3) is 0 Å². The Balaban J connectivity index is 3.09. The van der Waals surface area contributed by atoms with Crippen molar-refractivity contribution in [3.05, 3.63) is 23.8 Å². The molecule has 0 aromatic heterocycles. The lowest BCUT2D eigenvalue weighted by molar-refractivity contribution is 0.447. The summed E-state index contributed by atoms with van der Waals surface area (Å²) in [6.07, 6.45) is 0. The van der Waals surface area contributed by atoms with Crippen molar-refractivity contribution in [3.8, 4) is 11.5 Å². The number of hydrogen-bond donors (Lipinski definition) is 2. The maximum Gasteiger partial charge on any atom is 0.136 e. The Kier molecular flexibility index (Phi) is 2.47. The van der Waals surface area contributed by atoms with Gasteiger partial charge in [0.05, 0.1) is 0 Å². The van der Waals surface area contributed by atoms with Gasteiger partial charge in [-0.05, 0) is 12.1 Å². The monoisotopic (exact) mass is 192 g/mol. The van der Waals surface area contributed by atoms with Crippen molar-refractivity contribution in [2.45, 2.75) is 4.84 Å². The van der Waals surface area contributed by atoms with Gasteiger partial charge < -0.3 is 10.2 Å². The molecule has 11 heavy (non-hydrogen) atoms. The van der Waals surface area contributed by atoms with Gasteiger partial charge in [-0.3, -0.25) is 0 Å². The van der Waals surface area contributed by atoms with Crippen LogP contribution in [0.3, 0.4) is 0 Å². The van der Waals surface area contributed by atoms with E-state index in [9.17, 15) is 0 Å². The fourth-order valence-corrected chi connectivity index (χ4v) is 1.09. The number of aromatic hydroxyl groups is 2. The van der Waals surface area contributed by atoms with Crippen molar-refractivity contribution in [1.82, 2.24) is 0 Å². The molecule has 0 atom stereocenters. The van der Waals surface area contributed by atoms with Gasteiger partial charge in [0.2, 0.25) is 0 Å². The van der Waals surface area contributed by atoms with Crippen LogP contribution in [0, 0.1) is 0 Å². The summed E-state index contributed by atoms with van der Waals surface area (Å²) in [5.74, 6) is -0.111. The number of phenolic OH excluding ortho intramolecular Hbond substituents is 2. The first-order chi connectivity index (χ1) is 5.11. The molecule has 0 fully saturated rings. The predicted octanol–water partition coefficient (Wildman–Crippen LogP) is 2.57. The molecule has 0 spiro atoms. The summed E-state index contributed by atoms with van der Waals surface area (Å²) in [6, 6.07) is 4.06. The molecule has 1 aromatic rings. The maximum atomic E-state index is 9.13. The van der Waals surface area contributed by atoms with E-state index < -0.39 is 4.84 Å². The van der Waals surface area contributed by atoms with E-state index in [2.05, 4.69) is 0 Å². The average molecular weight is 193 g/mol. The zero-order chi connectivity index (χ0) is 8.43. The number of halogens is 2. The van der Waals surface area contributed by atoms with E-state index >= 15 is 0 Å². The summed E-state index contributed by atoms with van der Waals surface area (Å²) >= 11 is 11.0. The summed E-state index contributed by atoms with van der Waals surface area (Å²) in [5.41, 5.74) is 0.395. The number of rotatable bonds is 1. The van der Waals surface area contributed by atoms with Crippen LogP contribution in [0.5, 0.6) is 11.5 Å². The Hall–Kier alpha value is -0.600. The topological polar surface area (TPSA) is 40.5 Å². The van der Waals surface area contributed by atoms with Crippen molar-refractivity contribution >= 4 is 23.2 Å². The van der Waals surface area contributed by atoms with E-state index in [1.165, 1.54) is 18.2 Å². The Labute approximate surface area is 74.0 Å². The highest BCUT2D eigenvalue weighted by Crippen LogP contribution is 2.33. The Morgan fingerprint density at radius 1 is 1.18 bits per heavy atom. The van der Waals surface area contributed by atoms with Crippen molar-refractivity contribution in [2.75, 3.05) is 0 Å². The largest absolute Gasteiger partial charge is 0.508 e. The lowest BCUT2D eigenvalue weighted by Gasteiger charge is -2.03. The lowest BCUT2D eigenvalue weighted by atomic mass is 10.2. The fraction of sp³-hybridized carbons (Fsp3) is 0.143. The number of hydrogen-bond acceptors (Lipinski definition) is 2. The maximum absolute atomic E-state index is 9.13. The van der Waals surface area contributed by atoms with Crippen LogP contribution < -0.4 is 0 Å². The zero-order valence-electron chi connectivity index (χ0n) is 5.46. The minimum absolute atomic E-state index is 0.0137. The van der Waals surface area contributed by atoms with Gasteiger partial charge in [0.15, 0.2) is 0 Å². The Morgan fingerprint density at radius 3 is 2.27 bits per heavy atom. The van der Waals surface area contributed by atoms with Crippen LogP contribution in [0.15, 0.2) is 18.2 Å². The molecule has 0 aliphatic rings. The summed E-state index contributed by atoms with van der Waals surface area (Å²) in [5, 5.41) is 18.0. The first kappa shape index (κ1) is 8.50. The summed E-state index contributed by atoms with van der Waals surface area (Å²) in [7, 11) is 0. The van der Waals surface area contributed by atoms with Crippen LogP contribution in [-0.4, -0.2) is 10.2 Å². The van der Waals surface area contributed by atoms with Gasteiger partial charge in [-0.25, -0.2) is 0 Å². The SMILES string of the molecule is Oc1ccc(C(Cl)Cl)c(O)c1. The van der Waals surface area contributed by atoms with E-state index in [4.69, 9.17) is 33.4 Å². The molecule has 0 aliphatic heterocycles. The van der Waals surface area contributed by atoms with E-state index in [-0.39, 0.29) is 11.5 Å². The Bertz CT molecular complexity index is 261. The highest BCUT2D eigenvalue weighted by molar-refractivity contribution is 6.44. The molecule has 0 saturated carbocycles. The molecule has 0 heterocycles. The minimum atomic E-state index is -0.768.